The van der Waals surface area contributed by atoms with Crippen molar-refractivity contribution in [3.05, 3.63) is 101 Å². The van der Waals surface area contributed by atoms with Crippen molar-refractivity contribution in [3.63, 3.8) is 0 Å². The van der Waals surface area contributed by atoms with Gasteiger partial charge in [0, 0.05) is 16.3 Å². The molecule has 0 radical (unpaired) electrons. The third kappa shape index (κ3) is 6.79. The molecule has 7 rings (SSSR count). The molecule has 3 fully saturated rings. The summed E-state index contributed by atoms with van der Waals surface area (Å²) in [6.07, 6.45) is 2.81. The highest BCUT2D eigenvalue weighted by molar-refractivity contribution is 8.01. The van der Waals surface area contributed by atoms with Gasteiger partial charge in [-0.2, -0.15) is 0 Å². The van der Waals surface area contributed by atoms with Crippen LogP contribution >= 0.6 is 23.4 Å². The number of carbonyl (C=O) groups excluding carboxylic acids is 2. The number of nitrogens with zero attached hydrogens (tertiary/aromatic N) is 4. The van der Waals surface area contributed by atoms with E-state index in [-0.39, 0.29) is 23.6 Å². The van der Waals surface area contributed by atoms with Crippen molar-refractivity contribution < 1.29 is 19.5 Å². The zero-order valence-corrected chi connectivity index (χ0v) is 27.5. The number of β-lactam (4-membered cyclic amide) rings is 1. The minimum absolute atomic E-state index is 0.202. The van der Waals surface area contributed by atoms with Crippen molar-refractivity contribution in [1.29, 1.82) is 0 Å². The monoisotopic (exact) mass is 659 g/mol. The third-order valence-corrected chi connectivity index (χ3v) is 10.6. The SMILES string of the molecule is CC1(C)SC2C(NC(=O)Cc3ccccc3)C(=O)N2C1C(=O)O.Clc1ccc(Cn2c(CN3CCCC3)nc3ccccc32)cc1. The van der Waals surface area contributed by atoms with E-state index in [9.17, 15) is 19.5 Å². The van der Waals surface area contributed by atoms with Gasteiger partial charge in [-0.3, -0.25) is 14.5 Å². The molecule has 9 nitrogen and oxygen atoms in total. The van der Waals surface area contributed by atoms with Crippen molar-refractivity contribution in [2.45, 2.75) is 68.4 Å². The number of rotatable bonds is 8. The van der Waals surface area contributed by atoms with Crippen LogP contribution in [-0.4, -0.2) is 77.5 Å². The standard InChI is InChI=1S/C19H20ClN3.C16H18N2O4S/c20-16-9-7-15(8-10-16)13-23-18-6-2-1-5-17(18)21-19(23)14-22-11-3-4-12-22;1-16(2)12(15(21)22)18-13(20)11(14(18)23-16)17-10(19)8-9-6-4-3-5-7-9/h1-2,5-10H,3-4,11-14H2;3-7,11-12,14H,8H2,1-2H3,(H,17,19)(H,21,22). The van der Waals surface area contributed by atoms with Gasteiger partial charge in [-0.15, -0.1) is 11.8 Å². The fourth-order valence-corrected chi connectivity index (χ4v) is 8.24. The minimum atomic E-state index is -1.01. The fourth-order valence-electron chi connectivity index (χ4n) is 6.49. The Morgan fingerprint density at radius 2 is 1.63 bits per heavy atom. The quantitative estimate of drug-likeness (QED) is 0.251. The molecule has 46 heavy (non-hydrogen) atoms. The summed E-state index contributed by atoms with van der Waals surface area (Å²) in [5.74, 6) is -0.399. The minimum Gasteiger partial charge on any atom is -0.480 e. The van der Waals surface area contributed by atoms with Crippen LogP contribution in [0.4, 0.5) is 0 Å². The van der Waals surface area contributed by atoms with E-state index in [0.717, 1.165) is 35.0 Å². The molecule has 3 unspecified atom stereocenters. The van der Waals surface area contributed by atoms with E-state index in [4.69, 9.17) is 16.6 Å². The lowest BCUT2D eigenvalue weighted by Crippen LogP contribution is -2.70. The van der Waals surface area contributed by atoms with Gasteiger partial charge in [0.2, 0.25) is 11.8 Å². The number of thioether (sulfide) groups is 1. The van der Waals surface area contributed by atoms with Gasteiger partial charge >= 0.3 is 5.97 Å². The van der Waals surface area contributed by atoms with Crippen LogP contribution in [0.15, 0.2) is 78.9 Å². The Bertz CT molecular complexity index is 1720. The summed E-state index contributed by atoms with van der Waals surface area (Å²) in [5, 5.41) is 12.6. The predicted octanol–water partition coefficient (Wildman–Crippen LogP) is 5.19. The Hall–Kier alpha value is -3.86. The molecule has 0 bridgehead atoms. The van der Waals surface area contributed by atoms with Crippen LogP contribution in [-0.2, 0) is 33.9 Å². The van der Waals surface area contributed by atoms with Crippen molar-refractivity contribution >= 4 is 52.2 Å². The highest BCUT2D eigenvalue weighted by atomic mass is 35.5. The predicted molar refractivity (Wildman–Crippen MR) is 181 cm³/mol. The normalized spacial score (nSPS) is 21.8. The molecule has 1 aromatic heterocycles. The first-order chi connectivity index (χ1) is 22.1. The zero-order valence-electron chi connectivity index (χ0n) is 25.9. The Morgan fingerprint density at radius 3 is 2.33 bits per heavy atom. The highest BCUT2D eigenvalue weighted by Crippen LogP contribution is 2.50. The van der Waals surface area contributed by atoms with Gasteiger partial charge in [0.15, 0.2) is 0 Å². The molecule has 11 heteroatoms. The van der Waals surface area contributed by atoms with Crippen LogP contribution in [0.2, 0.25) is 5.02 Å². The number of carbonyl (C=O) groups is 3. The number of hydrogen-bond acceptors (Lipinski definition) is 6. The lowest BCUT2D eigenvalue weighted by Gasteiger charge is -2.43. The van der Waals surface area contributed by atoms with Crippen LogP contribution in [0.5, 0.6) is 0 Å². The summed E-state index contributed by atoms with van der Waals surface area (Å²) in [6.45, 7) is 7.76. The summed E-state index contributed by atoms with van der Waals surface area (Å²) in [5.41, 5.74) is 4.41. The Labute approximate surface area is 277 Å². The molecule has 0 aliphatic carbocycles. The molecule has 3 saturated heterocycles. The van der Waals surface area contributed by atoms with Gasteiger partial charge in [-0.1, -0.05) is 66.2 Å². The van der Waals surface area contributed by atoms with Gasteiger partial charge in [-0.25, -0.2) is 9.78 Å². The maximum absolute atomic E-state index is 12.3. The fraction of sp³-hybridized carbons (Fsp3) is 0.371. The molecule has 3 aliphatic heterocycles. The van der Waals surface area contributed by atoms with E-state index in [2.05, 4.69) is 51.2 Å². The third-order valence-electron chi connectivity index (χ3n) is 8.75. The Morgan fingerprint density at radius 1 is 0.957 bits per heavy atom. The first kappa shape index (κ1) is 32.1. The molecule has 240 valence electrons. The van der Waals surface area contributed by atoms with Crippen molar-refractivity contribution in [3.8, 4) is 0 Å². The summed E-state index contributed by atoms with van der Waals surface area (Å²) in [7, 11) is 0. The van der Waals surface area contributed by atoms with E-state index in [1.165, 1.54) is 53.7 Å². The smallest absolute Gasteiger partial charge is 0.327 e. The summed E-state index contributed by atoms with van der Waals surface area (Å²) >= 11 is 7.43. The molecule has 2 N–H and O–H groups in total. The number of nitrogens with one attached hydrogen (secondary N) is 1. The maximum Gasteiger partial charge on any atom is 0.327 e. The highest BCUT2D eigenvalue weighted by Gasteiger charge is 2.64. The topological polar surface area (TPSA) is 108 Å². The van der Waals surface area contributed by atoms with Gasteiger partial charge in [0.1, 0.15) is 23.3 Å². The van der Waals surface area contributed by atoms with Crippen LogP contribution in [0.25, 0.3) is 11.0 Å². The molecule has 0 saturated carbocycles. The van der Waals surface area contributed by atoms with Crippen molar-refractivity contribution in [2.75, 3.05) is 13.1 Å². The lowest BCUT2D eigenvalue weighted by molar-refractivity contribution is -0.161. The number of halogens is 1. The molecule has 4 heterocycles. The molecule has 3 atom stereocenters. The first-order valence-electron chi connectivity index (χ1n) is 15.6. The molecule has 0 spiro atoms. The molecule has 4 aromatic rings. The van der Waals surface area contributed by atoms with E-state index >= 15 is 0 Å². The van der Waals surface area contributed by atoms with E-state index in [0.29, 0.717) is 0 Å². The zero-order chi connectivity index (χ0) is 32.4. The van der Waals surface area contributed by atoms with Crippen molar-refractivity contribution in [1.82, 2.24) is 24.7 Å². The Kier molecular flexibility index (Phi) is 9.40. The second kappa shape index (κ2) is 13.5. The number of imidazole rings is 1. The molecule has 3 aromatic carbocycles. The van der Waals surface area contributed by atoms with Gasteiger partial charge in [0.05, 0.1) is 24.0 Å². The molecule has 3 aliphatic rings. The van der Waals surface area contributed by atoms with E-state index < -0.39 is 22.8 Å². The number of hydrogen-bond donors (Lipinski definition) is 2. The number of fused-ring (bicyclic) bond motifs is 2. The molecular weight excluding hydrogens is 622 g/mol. The number of carboxylic acid groups (broad SMARTS) is 1. The number of aliphatic carboxylic acids is 1. The van der Waals surface area contributed by atoms with E-state index in [1.54, 1.807) is 0 Å². The summed E-state index contributed by atoms with van der Waals surface area (Å²) in [4.78, 5) is 44.6. The number of likely N-dealkylation sites (tertiary alicyclic amines) is 1. The van der Waals surface area contributed by atoms with E-state index in [1.807, 2.05) is 56.3 Å². The second-order valence-electron chi connectivity index (χ2n) is 12.5. The first-order valence-corrected chi connectivity index (χ1v) is 16.8. The number of para-hydroxylation sites is 2. The van der Waals surface area contributed by atoms with Crippen LogP contribution < -0.4 is 5.32 Å². The van der Waals surface area contributed by atoms with Crippen LogP contribution in [0.1, 0.15) is 43.6 Å². The average molecular weight is 660 g/mol. The van der Waals surface area contributed by atoms with Crippen LogP contribution in [0.3, 0.4) is 0 Å². The number of amides is 2. The number of benzene rings is 3. The largest absolute Gasteiger partial charge is 0.480 e. The Balaban J connectivity index is 0.000000162. The lowest BCUT2D eigenvalue weighted by atomic mass is 9.96. The number of aromatic nitrogens is 2. The van der Waals surface area contributed by atoms with Gasteiger partial charge in [-0.05, 0) is 75.2 Å². The second-order valence-corrected chi connectivity index (χ2v) is 14.7. The van der Waals surface area contributed by atoms with Gasteiger partial charge in [0.25, 0.3) is 0 Å². The summed E-state index contributed by atoms with van der Waals surface area (Å²) < 4.78 is 1.77. The van der Waals surface area contributed by atoms with Gasteiger partial charge < -0.3 is 19.9 Å². The van der Waals surface area contributed by atoms with Crippen molar-refractivity contribution in [2.24, 2.45) is 0 Å². The molecule has 2 amide bonds. The average Bonchev–Trinajstić information content (AvgIpc) is 3.73. The number of carboxylic acids is 1. The van der Waals surface area contributed by atoms with Crippen LogP contribution in [0, 0.1) is 0 Å². The summed E-state index contributed by atoms with van der Waals surface area (Å²) in [6, 6.07) is 24.3. The maximum atomic E-state index is 12.3. The molecular formula is C35H38ClN5O4S.